The molecule has 0 aliphatic heterocycles. The lowest BCUT2D eigenvalue weighted by Crippen LogP contribution is -2.44. The van der Waals surface area contributed by atoms with Crippen LogP contribution in [0.15, 0.2) is 66.7 Å². The summed E-state index contributed by atoms with van der Waals surface area (Å²) in [5, 5.41) is 22.2. The smallest absolute Gasteiger partial charge is 0.270 e. The van der Waals surface area contributed by atoms with Crippen LogP contribution in [0.2, 0.25) is 0 Å². The standard InChI is InChI=1S/C31H37N5O6/c1-21-9-11-22(12-10-21)17-27(32-2)31(39)34-15-4-5-16-42-28-14-13-24(23-7-6-8-25(18-23)36(40)41)19-26(28)30(38)35-20-29(37)33-3/h6-14,18-19,27,32H,4-5,15-17,20H2,1-3H3,(H,33,37)(H,34,39)(H,35,38). The molecule has 0 heterocycles. The highest BCUT2D eigenvalue weighted by molar-refractivity contribution is 6.00. The molecule has 42 heavy (non-hydrogen) atoms. The van der Waals surface area contributed by atoms with E-state index in [4.69, 9.17) is 4.74 Å². The SMILES string of the molecule is CNC(=O)CNC(=O)c1cc(-c2cccc([N+](=O)[O-])c2)ccc1OCCCCNC(=O)C(Cc1ccc(C)cc1)NC. The van der Waals surface area contributed by atoms with Crippen molar-refractivity contribution in [2.75, 3.05) is 33.8 Å². The molecule has 3 rings (SSSR count). The summed E-state index contributed by atoms with van der Waals surface area (Å²) < 4.78 is 5.91. The summed E-state index contributed by atoms with van der Waals surface area (Å²) in [6.07, 6.45) is 1.87. The Morgan fingerprint density at radius 2 is 1.67 bits per heavy atom. The van der Waals surface area contributed by atoms with Gasteiger partial charge in [0.25, 0.3) is 11.6 Å². The number of nitrogens with one attached hydrogen (secondary N) is 4. The van der Waals surface area contributed by atoms with Crippen molar-refractivity contribution in [1.82, 2.24) is 21.3 Å². The van der Waals surface area contributed by atoms with Gasteiger partial charge in [0.2, 0.25) is 11.8 Å². The van der Waals surface area contributed by atoms with Crippen molar-refractivity contribution in [3.8, 4) is 16.9 Å². The lowest BCUT2D eigenvalue weighted by Gasteiger charge is -2.16. The maximum Gasteiger partial charge on any atom is 0.270 e. The van der Waals surface area contributed by atoms with E-state index in [9.17, 15) is 24.5 Å². The molecule has 222 valence electrons. The molecule has 0 fully saturated rings. The number of unbranched alkanes of at least 4 members (excludes halogenated alkanes) is 1. The fraction of sp³-hybridized carbons (Fsp3) is 0.323. The number of hydrogen-bond donors (Lipinski definition) is 4. The number of hydrogen-bond acceptors (Lipinski definition) is 7. The van der Waals surface area contributed by atoms with Crippen LogP contribution >= 0.6 is 0 Å². The van der Waals surface area contributed by atoms with Crippen molar-refractivity contribution in [3.05, 3.63) is 93.5 Å². The third-order valence-corrected chi connectivity index (χ3v) is 6.66. The normalized spacial score (nSPS) is 11.3. The maximum atomic E-state index is 13.0. The van der Waals surface area contributed by atoms with Crippen molar-refractivity contribution in [3.63, 3.8) is 0 Å². The Balaban J connectivity index is 1.58. The molecular weight excluding hydrogens is 538 g/mol. The zero-order chi connectivity index (χ0) is 30.5. The van der Waals surface area contributed by atoms with Gasteiger partial charge in [-0.25, -0.2) is 0 Å². The van der Waals surface area contributed by atoms with Gasteiger partial charge in [0.05, 0.1) is 29.7 Å². The molecule has 1 atom stereocenters. The molecule has 11 nitrogen and oxygen atoms in total. The number of carbonyl (C=O) groups is 3. The topological polar surface area (TPSA) is 152 Å². The number of nitrogens with zero attached hydrogens (tertiary/aromatic N) is 1. The molecule has 0 aliphatic carbocycles. The third kappa shape index (κ3) is 9.41. The molecule has 0 spiro atoms. The molecule has 3 amide bonds. The first-order valence-corrected chi connectivity index (χ1v) is 13.7. The van der Waals surface area contributed by atoms with E-state index in [2.05, 4.69) is 21.3 Å². The van der Waals surface area contributed by atoms with Gasteiger partial charge in [-0.15, -0.1) is 0 Å². The van der Waals surface area contributed by atoms with Crippen LogP contribution in [-0.2, 0) is 16.0 Å². The molecule has 0 saturated carbocycles. The fourth-order valence-electron chi connectivity index (χ4n) is 4.19. The molecule has 3 aromatic rings. The number of rotatable bonds is 15. The largest absolute Gasteiger partial charge is 0.493 e. The Morgan fingerprint density at radius 1 is 0.929 bits per heavy atom. The van der Waals surface area contributed by atoms with Crippen LogP contribution < -0.4 is 26.0 Å². The molecule has 4 N–H and O–H groups in total. The molecule has 0 aliphatic rings. The molecule has 0 saturated heterocycles. The van der Waals surface area contributed by atoms with Gasteiger partial charge < -0.3 is 26.0 Å². The van der Waals surface area contributed by atoms with Gasteiger partial charge in [-0.1, -0.05) is 48.0 Å². The van der Waals surface area contributed by atoms with E-state index < -0.39 is 10.8 Å². The number of carbonyl (C=O) groups excluding carboxylic acids is 3. The Kier molecular flexibility index (Phi) is 12.0. The van der Waals surface area contributed by atoms with Crippen LogP contribution in [0.1, 0.15) is 34.3 Å². The number of non-ortho nitro benzene ring substituents is 1. The van der Waals surface area contributed by atoms with E-state index in [1.807, 2.05) is 31.2 Å². The first-order chi connectivity index (χ1) is 20.2. The first-order valence-electron chi connectivity index (χ1n) is 13.7. The second-order valence-corrected chi connectivity index (χ2v) is 9.75. The minimum atomic E-state index is -0.514. The molecular formula is C31H37N5O6. The number of nitro benzene ring substituents is 1. The number of benzene rings is 3. The summed E-state index contributed by atoms with van der Waals surface area (Å²) in [6, 6.07) is 18.8. The van der Waals surface area contributed by atoms with Crippen molar-refractivity contribution < 1.29 is 24.0 Å². The number of likely N-dealkylation sites (N-methyl/N-ethyl adjacent to an activating group) is 2. The van der Waals surface area contributed by atoms with Crippen LogP contribution in [0.25, 0.3) is 11.1 Å². The number of amides is 3. The predicted molar refractivity (Wildman–Crippen MR) is 160 cm³/mol. The second-order valence-electron chi connectivity index (χ2n) is 9.75. The zero-order valence-electron chi connectivity index (χ0n) is 24.1. The minimum Gasteiger partial charge on any atom is -0.493 e. The minimum absolute atomic E-state index is 0.0678. The van der Waals surface area contributed by atoms with Crippen molar-refractivity contribution in [2.24, 2.45) is 0 Å². The quantitative estimate of drug-likeness (QED) is 0.123. The highest BCUT2D eigenvalue weighted by atomic mass is 16.6. The lowest BCUT2D eigenvalue weighted by atomic mass is 10.0. The van der Waals surface area contributed by atoms with Gasteiger partial charge in [-0.2, -0.15) is 0 Å². The Bertz CT molecular complexity index is 1390. The van der Waals surface area contributed by atoms with Gasteiger partial charge in [-0.05, 0) is 62.1 Å². The average molecular weight is 576 g/mol. The van der Waals surface area contributed by atoms with Gasteiger partial charge in [0.1, 0.15) is 5.75 Å². The van der Waals surface area contributed by atoms with Gasteiger partial charge in [0, 0.05) is 25.7 Å². The van der Waals surface area contributed by atoms with E-state index in [1.54, 1.807) is 37.4 Å². The average Bonchev–Trinajstić information content (AvgIpc) is 3.00. The van der Waals surface area contributed by atoms with Crippen LogP contribution in [-0.4, -0.2) is 62.5 Å². The molecule has 0 aromatic heterocycles. The van der Waals surface area contributed by atoms with E-state index in [-0.39, 0.29) is 35.7 Å². The van der Waals surface area contributed by atoms with Crippen LogP contribution in [0.5, 0.6) is 5.75 Å². The van der Waals surface area contributed by atoms with E-state index in [0.29, 0.717) is 49.3 Å². The molecule has 11 heteroatoms. The second kappa shape index (κ2) is 15.9. The van der Waals surface area contributed by atoms with Crippen molar-refractivity contribution in [2.45, 2.75) is 32.2 Å². The van der Waals surface area contributed by atoms with Gasteiger partial charge in [-0.3, -0.25) is 24.5 Å². The van der Waals surface area contributed by atoms with Crippen molar-refractivity contribution in [1.29, 1.82) is 0 Å². The summed E-state index contributed by atoms with van der Waals surface area (Å²) >= 11 is 0. The molecule has 0 bridgehead atoms. The summed E-state index contributed by atoms with van der Waals surface area (Å²) in [5.41, 5.74) is 3.53. The maximum absolute atomic E-state index is 13.0. The van der Waals surface area contributed by atoms with Gasteiger partial charge in [0.15, 0.2) is 0 Å². The first kappa shape index (κ1) is 31.8. The molecule has 1 unspecified atom stereocenters. The summed E-state index contributed by atoms with van der Waals surface area (Å²) in [4.78, 5) is 48.0. The lowest BCUT2D eigenvalue weighted by molar-refractivity contribution is -0.384. The Morgan fingerprint density at radius 3 is 2.36 bits per heavy atom. The van der Waals surface area contributed by atoms with Crippen LogP contribution in [0, 0.1) is 17.0 Å². The van der Waals surface area contributed by atoms with E-state index in [1.165, 1.54) is 24.7 Å². The van der Waals surface area contributed by atoms with E-state index >= 15 is 0 Å². The highest BCUT2D eigenvalue weighted by Crippen LogP contribution is 2.29. The number of aryl methyl sites for hydroxylation is 1. The summed E-state index contributed by atoms with van der Waals surface area (Å²) in [7, 11) is 3.23. The van der Waals surface area contributed by atoms with Crippen LogP contribution in [0.3, 0.4) is 0 Å². The Hall–Kier alpha value is -4.77. The fourth-order valence-corrected chi connectivity index (χ4v) is 4.19. The summed E-state index contributed by atoms with van der Waals surface area (Å²) in [6.45, 7) is 2.57. The van der Waals surface area contributed by atoms with E-state index in [0.717, 1.165) is 5.56 Å². The monoisotopic (exact) mass is 575 g/mol. The van der Waals surface area contributed by atoms with Crippen molar-refractivity contribution >= 4 is 23.4 Å². The number of nitro groups is 1. The van der Waals surface area contributed by atoms with Crippen LogP contribution in [0.4, 0.5) is 5.69 Å². The predicted octanol–water partition coefficient (Wildman–Crippen LogP) is 3.15. The zero-order valence-corrected chi connectivity index (χ0v) is 24.1. The molecule has 0 radical (unpaired) electrons. The third-order valence-electron chi connectivity index (χ3n) is 6.66. The summed E-state index contributed by atoms with van der Waals surface area (Å²) in [5.74, 6) is -0.635. The highest BCUT2D eigenvalue weighted by Gasteiger charge is 2.18. The Labute approximate surface area is 245 Å². The van der Waals surface area contributed by atoms with Gasteiger partial charge >= 0.3 is 0 Å². The number of ether oxygens (including phenoxy) is 1. The molecule has 3 aromatic carbocycles.